The molecule has 0 spiro atoms. The normalized spacial score (nSPS) is 10.5. The Hall–Kier alpha value is -1.78. The van der Waals surface area contributed by atoms with Gasteiger partial charge in [0.15, 0.2) is 0 Å². The Labute approximate surface area is 128 Å². The molecule has 0 aliphatic carbocycles. The fraction of sp³-hybridized carbons (Fsp3) is 0. The van der Waals surface area contributed by atoms with Gasteiger partial charge in [-0.15, -0.1) is 25.3 Å². The van der Waals surface area contributed by atoms with Crippen LogP contribution >= 0.6 is 25.3 Å². The van der Waals surface area contributed by atoms with E-state index in [2.05, 4.69) is 35.2 Å². The van der Waals surface area contributed by atoms with Crippen LogP contribution in [0.15, 0.2) is 70.7 Å². The zero-order valence-electron chi connectivity index (χ0n) is 10.6. The lowest BCUT2D eigenvalue weighted by Crippen LogP contribution is -1.89. The molecule has 0 N–H and O–H groups in total. The first-order valence-corrected chi connectivity index (χ1v) is 7.03. The maximum absolute atomic E-state index is 4.33. The Bertz CT molecular complexity index is 661. The lowest BCUT2D eigenvalue weighted by atomic mass is 10.1. The number of hydrogen-bond acceptors (Lipinski definition) is 4. The molecule has 0 unspecified atom stereocenters. The van der Waals surface area contributed by atoms with Crippen LogP contribution in [0.4, 0.5) is 0 Å². The van der Waals surface area contributed by atoms with E-state index < -0.39 is 0 Å². The first-order valence-electron chi connectivity index (χ1n) is 6.13. The third-order valence-corrected chi connectivity index (χ3v) is 3.59. The summed E-state index contributed by atoms with van der Waals surface area (Å²) in [5.41, 5.74) is 3.91. The van der Waals surface area contributed by atoms with Crippen molar-refractivity contribution in [3.63, 3.8) is 0 Å². The topological polar surface area (TPSA) is 25.8 Å². The van der Waals surface area contributed by atoms with Crippen molar-refractivity contribution in [2.45, 2.75) is 9.79 Å². The molecule has 0 saturated heterocycles. The highest BCUT2D eigenvalue weighted by Gasteiger charge is 2.04. The highest BCUT2D eigenvalue weighted by atomic mass is 32.1. The van der Waals surface area contributed by atoms with E-state index in [0.717, 1.165) is 32.3 Å². The van der Waals surface area contributed by atoms with E-state index in [-0.39, 0.29) is 0 Å². The summed E-state index contributed by atoms with van der Waals surface area (Å²) in [7, 11) is 0. The number of nitrogens with zero attached hydrogens (tertiary/aromatic N) is 2. The van der Waals surface area contributed by atoms with E-state index in [9.17, 15) is 0 Å². The third kappa shape index (κ3) is 2.86. The zero-order valence-corrected chi connectivity index (χ0v) is 12.4. The van der Waals surface area contributed by atoms with E-state index >= 15 is 0 Å². The Morgan fingerprint density at radius 1 is 0.600 bits per heavy atom. The van der Waals surface area contributed by atoms with Crippen molar-refractivity contribution >= 4 is 25.3 Å². The minimum atomic E-state index is 0.901. The van der Waals surface area contributed by atoms with Crippen LogP contribution in [0.25, 0.3) is 22.5 Å². The summed E-state index contributed by atoms with van der Waals surface area (Å²) in [6.07, 6.45) is 1.59. The van der Waals surface area contributed by atoms with Gasteiger partial charge in [-0.2, -0.15) is 0 Å². The van der Waals surface area contributed by atoms with Crippen LogP contribution in [0.5, 0.6) is 0 Å². The fourth-order valence-corrected chi connectivity index (χ4v) is 2.24. The van der Waals surface area contributed by atoms with Crippen molar-refractivity contribution in [1.29, 1.82) is 0 Å². The van der Waals surface area contributed by atoms with Crippen molar-refractivity contribution in [1.82, 2.24) is 9.97 Å². The second kappa shape index (κ2) is 5.69. The SMILES string of the molecule is Sc1ccc(-c2cc(-c3ccc(S)cc3)ncn2)cc1. The fourth-order valence-electron chi connectivity index (χ4n) is 1.94. The molecule has 0 atom stereocenters. The monoisotopic (exact) mass is 296 g/mol. The Morgan fingerprint density at radius 2 is 1.00 bits per heavy atom. The van der Waals surface area contributed by atoms with Gasteiger partial charge >= 0.3 is 0 Å². The van der Waals surface area contributed by atoms with E-state index in [1.165, 1.54) is 0 Å². The van der Waals surface area contributed by atoms with Gasteiger partial charge in [0, 0.05) is 20.9 Å². The minimum Gasteiger partial charge on any atom is -0.236 e. The molecule has 0 bridgehead atoms. The molecule has 1 aromatic heterocycles. The molecule has 3 aromatic rings. The molecule has 98 valence electrons. The van der Waals surface area contributed by atoms with Crippen LogP contribution in [0.3, 0.4) is 0 Å². The quantitative estimate of drug-likeness (QED) is 0.686. The Morgan fingerprint density at radius 3 is 1.40 bits per heavy atom. The summed E-state index contributed by atoms with van der Waals surface area (Å²) < 4.78 is 0. The number of hydrogen-bond donors (Lipinski definition) is 2. The predicted octanol–water partition coefficient (Wildman–Crippen LogP) is 4.39. The molecule has 2 aromatic carbocycles. The van der Waals surface area contributed by atoms with Crippen molar-refractivity contribution in [2.24, 2.45) is 0 Å². The van der Waals surface area contributed by atoms with Crippen LogP contribution in [-0.4, -0.2) is 9.97 Å². The lowest BCUT2D eigenvalue weighted by Gasteiger charge is -2.05. The van der Waals surface area contributed by atoms with Gasteiger partial charge in [0.2, 0.25) is 0 Å². The number of benzene rings is 2. The van der Waals surface area contributed by atoms with E-state index in [0.29, 0.717) is 0 Å². The number of aromatic nitrogens is 2. The predicted molar refractivity (Wildman–Crippen MR) is 87.4 cm³/mol. The van der Waals surface area contributed by atoms with Gasteiger partial charge in [-0.25, -0.2) is 9.97 Å². The smallest absolute Gasteiger partial charge is 0.116 e. The third-order valence-electron chi connectivity index (χ3n) is 2.99. The lowest BCUT2D eigenvalue weighted by molar-refractivity contribution is 1.17. The maximum Gasteiger partial charge on any atom is 0.116 e. The molecule has 0 aliphatic heterocycles. The molecular formula is C16H12N2S2. The molecule has 0 radical (unpaired) electrons. The van der Waals surface area contributed by atoms with Gasteiger partial charge in [0.05, 0.1) is 11.4 Å². The summed E-state index contributed by atoms with van der Waals surface area (Å²) in [6, 6.07) is 17.8. The molecule has 3 rings (SSSR count). The number of thiol groups is 2. The van der Waals surface area contributed by atoms with Crippen molar-refractivity contribution < 1.29 is 0 Å². The van der Waals surface area contributed by atoms with Gasteiger partial charge in [-0.3, -0.25) is 0 Å². The largest absolute Gasteiger partial charge is 0.236 e. The summed E-state index contributed by atoms with van der Waals surface area (Å²) >= 11 is 8.58. The van der Waals surface area contributed by atoms with Gasteiger partial charge < -0.3 is 0 Å². The summed E-state index contributed by atoms with van der Waals surface area (Å²) in [4.78, 5) is 10.5. The minimum absolute atomic E-state index is 0.901. The van der Waals surface area contributed by atoms with Crippen LogP contribution in [0.2, 0.25) is 0 Å². The van der Waals surface area contributed by atoms with E-state index in [1.807, 2.05) is 54.6 Å². The standard InChI is InChI=1S/C16H12N2S2/c19-13-5-1-11(2-6-13)15-9-16(18-10-17-15)12-3-7-14(20)8-4-12/h1-10,19-20H. The molecule has 0 saturated carbocycles. The average molecular weight is 296 g/mol. The Balaban J connectivity index is 2.01. The van der Waals surface area contributed by atoms with Gasteiger partial charge in [-0.05, 0) is 30.3 Å². The second-order valence-electron chi connectivity index (χ2n) is 4.38. The highest BCUT2D eigenvalue weighted by Crippen LogP contribution is 2.24. The molecule has 1 heterocycles. The van der Waals surface area contributed by atoms with Crippen molar-refractivity contribution in [3.05, 3.63) is 60.9 Å². The molecule has 0 amide bonds. The van der Waals surface area contributed by atoms with E-state index in [4.69, 9.17) is 0 Å². The van der Waals surface area contributed by atoms with Gasteiger partial charge in [0.25, 0.3) is 0 Å². The van der Waals surface area contributed by atoms with E-state index in [1.54, 1.807) is 6.33 Å². The van der Waals surface area contributed by atoms with Gasteiger partial charge in [0.1, 0.15) is 6.33 Å². The molecule has 0 aliphatic rings. The summed E-state index contributed by atoms with van der Waals surface area (Å²) in [6.45, 7) is 0. The second-order valence-corrected chi connectivity index (χ2v) is 5.42. The van der Waals surface area contributed by atoms with Gasteiger partial charge in [-0.1, -0.05) is 24.3 Å². The van der Waals surface area contributed by atoms with Crippen LogP contribution in [0, 0.1) is 0 Å². The molecule has 4 heteroatoms. The number of rotatable bonds is 2. The first kappa shape index (κ1) is 13.2. The van der Waals surface area contributed by atoms with Crippen LogP contribution in [-0.2, 0) is 0 Å². The van der Waals surface area contributed by atoms with Crippen LogP contribution < -0.4 is 0 Å². The zero-order chi connectivity index (χ0) is 13.9. The molecule has 0 fully saturated rings. The van der Waals surface area contributed by atoms with Crippen LogP contribution in [0.1, 0.15) is 0 Å². The highest BCUT2D eigenvalue weighted by molar-refractivity contribution is 7.80. The molecule has 20 heavy (non-hydrogen) atoms. The molecule has 2 nitrogen and oxygen atoms in total. The van der Waals surface area contributed by atoms with Crippen molar-refractivity contribution in [3.8, 4) is 22.5 Å². The maximum atomic E-state index is 4.33. The Kier molecular flexibility index (Phi) is 3.76. The summed E-state index contributed by atoms with van der Waals surface area (Å²) in [5.74, 6) is 0. The molecular weight excluding hydrogens is 284 g/mol. The first-order chi connectivity index (χ1) is 9.72. The van der Waals surface area contributed by atoms with Crippen molar-refractivity contribution in [2.75, 3.05) is 0 Å². The summed E-state index contributed by atoms with van der Waals surface area (Å²) in [5, 5.41) is 0. The average Bonchev–Trinajstić information content (AvgIpc) is 2.49.